The molecular formula is C26H29N5O5. The third-order valence-electron chi connectivity index (χ3n) is 5.57. The van der Waals surface area contributed by atoms with Crippen molar-refractivity contribution in [3.8, 4) is 11.5 Å². The van der Waals surface area contributed by atoms with Gasteiger partial charge < -0.3 is 20.3 Å². The molecule has 188 valence electrons. The summed E-state index contributed by atoms with van der Waals surface area (Å²) in [6.45, 7) is 3.59. The van der Waals surface area contributed by atoms with E-state index in [4.69, 9.17) is 9.84 Å². The maximum absolute atomic E-state index is 13.1. The van der Waals surface area contributed by atoms with Gasteiger partial charge in [-0.2, -0.15) is 10.2 Å². The molecule has 0 saturated carbocycles. The lowest BCUT2D eigenvalue weighted by Crippen LogP contribution is -2.35. The smallest absolute Gasteiger partial charge is 0.271 e. The average molecular weight is 492 g/mol. The fraction of sp³-hybridized carbons (Fsp3) is 0.308. The van der Waals surface area contributed by atoms with E-state index in [9.17, 15) is 14.7 Å². The summed E-state index contributed by atoms with van der Waals surface area (Å²) >= 11 is 0. The Morgan fingerprint density at radius 3 is 2.67 bits per heavy atom. The van der Waals surface area contributed by atoms with Gasteiger partial charge in [-0.3, -0.25) is 14.3 Å². The van der Waals surface area contributed by atoms with E-state index >= 15 is 0 Å². The lowest BCUT2D eigenvalue weighted by molar-refractivity contribution is -0.120. The summed E-state index contributed by atoms with van der Waals surface area (Å²) in [7, 11) is 0. The van der Waals surface area contributed by atoms with Gasteiger partial charge in [0, 0.05) is 23.7 Å². The second-order valence-electron chi connectivity index (χ2n) is 8.95. The van der Waals surface area contributed by atoms with Crippen LogP contribution in [0, 0.1) is 5.92 Å². The third kappa shape index (κ3) is 5.96. The maximum Gasteiger partial charge on any atom is 0.271 e. The van der Waals surface area contributed by atoms with Crippen molar-refractivity contribution in [1.82, 2.24) is 19.6 Å². The number of carbonyl (C=O) groups is 1. The van der Waals surface area contributed by atoms with E-state index < -0.39 is 30.2 Å². The van der Waals surface area contributed by atoms with Gasteiger partial charge in [0.1, 0.15) is 11.8 Å². The van der Waals surface area contributed by atoms with E-state index in [0.29, 0.717) is 12.2 Å². The van der Waals surface area contributed by atoms with Crippen LogP contribution in [-0.4, -0.2) is 48.4 Å². The highest BCUT2D eigenvalue weighted by molar-refractivity contribution is 5.92. The van der Waals surface area contributed by atoms with E-state index in [1.807, 2.05) is 56.3 Å². The molecule has 36 heavy (non-hydrogen) atoms. The first kappa shape index (κ1) is 25.1. The van der Waals surface area contributed by atoms with Gasteiger partial charge in [0.05, 0.1) is 25.5 Å². The van der Waals surface area contributed by atoms with Crippen molar-refractivity contribution in [1.29, 1.82) is 0 Å². The van der Waals surface area contributed by atoms with E-state index in [2.05, 4.69) is 15.5 Å². The lowest BCUT2D eigenvalue weighted by atomic mass is 10.0. The highest BCUT2D eigenvalue weighted by atomic mass is 16.5. The lowest BCUT2D eigenvalue weighted by Gasteiger charge is -2.19. The summed E-state index contributed by atoms with van der Waals surface area (Å²) in [6.07, 6.45) is 2.43. The van der Waals surface area contributed by atoms with E-state index in [-0.39, 0.29) is 24.0 Å². The maximum atomic E-state index is 13.1. The molecule has 3 N–H and O–H groups in total. The van der Waals surface area contributed by atoms with Crippen molar-refractivity contribution in [2.75, 3.05) is 11.9 Å². The minimum Gasteiger partial charge on any atom is -0.455 e. The van der Waals surface area contributed by atoms with Crippen molar-refractivity contribution in [2.45, 2.75) is 39.0 Å². The quantitative estimate of drug-likeness (QED) is 0.311. The average Bonchev–Trinajstić information content (AvgIpc) is 3.29. The van der Waals surface area contributed by atoms with Gasteiger partial charge in [-0.15, -0.1) is 0 Å². The molecular weight excluding hydrogens is 462 g/mol. The van der Waals surface area contributed by atoms with Crippen molar-refractivity contribution in [3.63, 3.8) is 0 Å². The zero-order chi connectivity index (χ0) is 25.7. The molecule has 0 aliphatic rings. The number of benzene rings is 2. The third-order valence-corrected chi connectivity index (χ3v) is 5.57. The molecule has 2 aromatic carbocycles. The summed E-state index contributed by atoms with van der Waals surface area (Å²) in [6, 6.07) is 15.5. The fourth-order valence-corrected chi connectivity index (χ4v) is 3.88. The Morgan fingerprint density at radius 2 is 1.92 bits per heavy atom. The van der Waals surface area contributed by atoms with Crippen LogP contribution in [0.4, 0.5) is 5.82 Å². The van der Waals surface area contributed by atoms with Gasteiger partial charge in [-0.05, 0) is 23.8 Å². The predicted octanol–water partition coefficient (Wildman–Crippen LogP) is 2.96. The van der Waals surface area contributed by atoms with Crippen molar-refractivity contribution in [2.24, 2.45) is 5.92 Å². The van der Waals surface area contributed by atoms with Crippen LogP contribution in [0.3, 0.4) is 0 Å². The number of aromatic nitrogens is 4. The number of rotatable bonds is 10. The van der Waals surface area contributed by atoms with Crippen molar-refractivity contribution < 1.29 is 19.7 Å². The Morgan fingerprint density at radius 1 is 1.14 bits per heavy atom. The SMILES string of the molecule is CC(C)CC(C(=O)Nc1ccn(C[C@@H](O)CO)n1)n1ncc(Oc2cccc3ccccc23)cc1=O. The Balaban J connectivity index is 1.54. The summed E-state index contributed by atoms with van der Waals surface area (Å²) < 4.78 is 8.53. The Bertz CT molecular complexity index is 1390. The molecule has 1 unspecified atom stereocenters. The molecule has 10 nitrogen and oxygen atoms in total. The largest absolute Gasteiger partial charge is 0.455 e. The van der Waals surface area contributed by atoms with Crippen LogP contribution in [0.2, 0.25) is 0 Å². The van der Waals surface area contributed by atoms with E-state index in [0.717, 1.165) is 15.5 Å². The minimum absolute atomic E-state index is 0.0843. The Labute approximate surface area is 207 Å². The van der Waals surface area contributed by atoms with Gasteiger partial charge in [0.25, 0.3) is 11.5 Å². The molecule has 0 radical (unpaired) electrons. The van der Waals surface area contributed by atoms with Crippen molar-refractivity contribution in [3.05, 3.63) is 77.3 Å². The van der Waals surface area contributed by atoms with Crippen LogP contribution in [-0.2, 0) is 11.3 Å². The van der Waals surface area contributed by atoms with Crippen LogP contribution < -0.4 is 15.6 Å². The Hall–Kier alpha value is -4.02. The van der Waals surface area contributed by atoms with Crippen LogP contribution in [0.5, 0.6) is 11.5 Å². The number of ether oxygens (including phenoxy) is 1. The van der Waals surface area contributed by atoms with Crippen molar-refractivity contribution >= 4 is 22.5 Å². The Kier molecular flexibility index (Phi) is 7.77. The molecule has 0 fully saturated rings. The first-order valence-corrected chi connectivity index (χ1v) is 11.7. The molecule has 0 spiro atoms. The molecule has 10 heteroatoms. The molecule has 0 bridgehead atoms. The highest BCUT2D eigenvalue weighted by Gasteiger charge is 2.25. The monoisotopic (exact) mass is 491 g/mol. The molecule has 0 saturated heterocycles. The fourth-order valence-electron chi connectivity index (χ4n) is 3.88. The van der Waals surface area contributed by atoms with Gasteiger partial charge in [0.2, 0.25) is 0 Å². The summed E-state index contributed by atoms with van der Waals surface area (Å²) in [5.74, 6) is 0.818. The van der Waals surface area contributed by atoms with Gasteiger partial charge in [0.15, 0.2) is 11.6 Å². The number of amides is 1. The van der Waals surface area contributed by atoms with Crippen LogP contribution in [0.15, 0.2) is 71.8 Å². The molecule has 4 rings (SSSR count). The van der Waals surface area contributed by atoms with E-state index in [1.54, 1.807) is 12.3 Å². The normalized spacial score (nSPS) is 13.0. The molecule has 2 heterocycles. The van der Waals surface area contributed by atoms with Crippen LogP contribution in [0.1, 0.15) is 26.3 Å². The second kappa shape index (κ2) is 11.1. The van der Waals surface area contributed by atoms with Gasteiger partial charge in [-0.1, -0.05) is 50.2 Å². The number of anilines is 1. The summed E-state index contributed by atoms with van der Waals surface area (Å²) in [5.41, 5.74) is -0.467. The number of nitrogens with one attached hydrogen (secondary N) is 1. The number of hydrogen-bond acceptors (Lipinski definition) is 7. The van der Waals surface area contributed by atoms with Crippen LogP contribution >= 0.6 is 0 Å². The number of carbonyl (C=O) groups excluding carboxylic acids is 1. The molecule has 1 amide bonds. The number of aliphatic hydroxyl groups excluding tert-OH is 2. The number of hydrogen-bond donors (Lipinski definition) is 3. The van der Waals surface area contributed by atoms with Crippen LogP contribution in [0.25, 0.3) is 10.8 Å². The minimum atomic E-state index is -0.959. The number of nitrogens with zero attached hydrogens (tertiary/aromatic N) is 4. The summed E-state index contributed by atoms with van der Waals surface area (Å²) in [4.78, 5) is 26.1. The highest BCUT2D eigenvalue weighted by Crippen LogP contribution is 2.29. The second-order valence-corrected chi connectivity index (χ2v) is 8.95. The first-order valence-electron chi connectivity index (χ1n) is 11.7. The summed E-state index contributed by atoms with van der Waals surface area (Å²) in [5, 5.41) is 31.7. The first-order chi connectivity index (χ1) is 17.3. The molecule has 2 atom stereocenters. The zero-order valence-corrected chi connectivity index (χ0v) is 20.1. The molecule has 0 aliphatic heterocycles. The van der Waals surface area contributed by atoms with Gasteiger partial charge in [-0.25, -0.2) is 4.68 Å². The topological polar surface area (TPSA) is 132 Å². The standard InChI is InChI=1S/C26H29N5O5/c1-17(2)12-22(26(35)28-24-10-11-30(29-24)15-19(33)16-32)31-25(34)13-20(14-27-31)36-23-9-5-7-18-6-3-4-8-21(18)23/h3-11,13-14,17,19,22,32-33H,12,15-16H2,1-2H3,(H,28,29,35)/t19-,22?/m1/s1. The zero-order valence-electron chi connectivity index (χ0n) is 20.1. The number of aliphatic hydroxyl groups is 2. The van der Waals surface area contributed by atoms with E-state index in [1.165, 1.54) is 16.9 Å². The van der Waals surface area contributed by atoms with Gasteiger partial charge >= 0.3 is 0 Å². The molecule has 4 aromatic rings. The molecule has 0 aliphatic carbocycles. The predicted molar refractivity (Wildman–Crippen MR) is 135 cm³/mol. The number of fused-ring (bicyclic) bond motifs is 1. The molecule has 2 aromatic heterocycles.